The Morgan fingerprint density at radius 2 is 2.43 bits per heavy atom. The molecule has 1 unspecified atom stereocenters. The van der Waals surface area contributed by atoms with Crippen molar-refractivity contribution in [3.8, 4) is 6.07 Å². The van der Waals surface area contributed by atoms with Crippen molar-refractivity contribution in [1.82, 2.24) is 0 Å². The second-order valence-electron chi connectivity index (χ2n) is 1.10. The highest BCUT2D eigenvalue weighted by atomic mass is 16.3. The lowest BCUT2D eigenvalue weighted by molar-refractivity contribution is 0.278. The molecule has 2 heteroatoms. The molecule has 7 heavy (non-hydrogen) atoms. The van der Waals surface area contributed by atoms with Gasteiger partial charge in [0.1, 0.15) is 0 Å². The number of hydrogen-bond donors (Lipinski definition) is 1. The molecule has 0 amide bonds. The minimum absolute atomic E-state index is 0.926. The minimum Gasteiger partial charge on any atom is -0.374 e. The summed E-state index contributed by atoms with van der Waals surface area (Å²) >= 11 is 0. The van der Waals surface area contributed by atoms with Gasteiger partial charge in [0.2, 0.25) is 0 Å². The quantitative estimate of drug-likeness (QED) is 0.381. The number of hydrogen-bond acceptors (Lipinski definition) is 2. The van der Waals surface area contributed by atoms with Crippen molar-refractivity contribution in [2.75, 3.05) is 0 Å². The fourth-order valence-electron chi connectivity index (χ4n) is 0.225. The first-order valence-electron chi connectivity index (χ1n) is 2.01. The molecule has 0 rings (SSSR count). The third kappa shape index (κ3) is 3.01. The molecule has 0 aromatic heterocycles. The third-order valence-corrected chi connectivity index (χ3v) is 0.507. The van der Waals surface area contributed by atoms with Crippen LogP contribution in [0.4, 0.5) is 0 Å². The number of aliphatic hydroxyl groups excluding tert-OH is 1. The molecule has 0 aliphatic carbocycles. The van der Waals surface area contributed by atoms with Crippen molar-refractivity contribution < 1.29 is 5.11 Å². The van der Waals surface area contributed by atoms with Crippen LogP contribution in [0.3, 0.4) is 0 Å². The molecule has 0 saturated carbocycles. The van der Waals surface area contributed by atoms with Gasteiger partial charge in [0.25, 0.3) is 0 Å². The Morgan fingerprint density at radius 3 is 2.57 bits per heavy atom. The van der Waals surface area contributed by atoms with Gasteiger partial charge >= 0.3 is 0 Å². The summed E-state index contributed by atoms with van der Waals surface area (Å²) in [4.78, 5) is 0. The van der Waals surface area contributed by atoms with Gasteiger partial charge in [0.05, 0.1) is 6.07 Å². The molecule has 0 saturated heterocycles. The van der Waals surface area contributed by atoms with E-state index in [1.165, 1.54) is 6.08 Å². The van der Waals surface area contributed by atoms with Crippen molar-refractivity contribution in [1.29, 1.82) is 5.26 Å². The average Bonchev–Trinajstić information content (AvgIpc) is 1.68. The molecular weight excluding hydrogens is 90.1 g/mol. The lowest BCUT2D eigenvalue weighted by Gasteiger charge is -1.83. The lowest BCUT2D eigenvalue weighted by Crippen LogP contribution is -1.94. The van der Waals surface area contributed by atoms with Crippen LogP contribution in [-0.4, -0.2) is 11.2 Å². The second kappa shape index (κ2) is 3.38. The van der Waals surface area contributed by atoms with E-state index < -0.39 is 6.10 Å². The van der Waals surface area contributed by atoms with Crippen molar-refractivity contribution in [2.24, 2.45) is 0 Å². The van der Waals surface area contributed by atoms with Gasteiger partial charge in [-0.1, -0.05) is 6.08 Å². The zero-order valence-corrected chi connectivity index (χ0v) is 4.13. The van der Waals surface area contributed by atoms with Gasteiger partial charge in [-0.15, -0.1) is 0 Å². The summed E-state index contributed by atoms with van der Waals surface area (Å²) < 4.78 is 0. The average molecular weight is 97.1 g/mol. The summed E-state index contributed by atoms with van der Waals surface area (Å²) in [6.45, 7) is 1.75. The molecule has 1 N–H and O–H groups in total. The van der Waals surface area contributed by atoms with E-state index in [9.17, 15) is 0 Å². The predicted molar refractivity (Wildman–Crippen MR) is 26.4 cm³/mol. The Hall–Kier alpha value is -0.810. The van der Waals surface area contributed by atoms with Crippen LogP contribution in [0.15, 0.2) is 12.2 Å². The normalized spacial score (nSPS) is 13.9. The number of nitrogens with zero attached hydrogens (tertiary/aromatic N) is 1. The van der Waals surface area contributed by atoms with Crippen molar-refractivity contribution in [3.05, 3.63) is 12.2 Å². The molecule has 0 aliphatic heterocycles. The highest BCUT2D eigenvalue weighted by Gasteiger charge is 1.87. The van der Waals surface area contributed by atoms with Crippen LogP contribution in [0.25, 0.3) is 0 Å². The van der Waals surface area contributed by atoms with Crippen molar-refractivity contribution >= 4 is 0 Å². The Bertz CT molecular complexity index is 101. The maximum Gasteiger partial charge on any atom is 0.159 e. The van der Waals surface area contributed by atoms with E-state index in [1.807, 2.05) is 0 Å². The SMILES string of the molecule is C/C=C\C(O)C#N. The Balaban J connectivity index is 3.42. The molecule has 0 aromatic rings. The molecular formula is C5H7NO. The number of rotatable bonds is 1. The van der Waals surface area contributed by atoms with Crippen LogP contribution >= 0.6 is 0 Å². The van der Waals surface area contributed by atoms with Crippen LogP contribution in [0, 0.1) is 11.3 Å². The summed E-state index contributed by atoms with van der Waals surface area (Å²) in [5, 5.41) is 16.3. The molecule has 0 fully saturated rings. The van der Waals surface area contributed by atoms with Crippen LogP contribution in [0.1, 0.15) is 6.92 Å². The standard InChI is InChI=1S/C5H7NO/c1-2-3-5(7)4-6/h2-3,5,7H,1H3/b3-2-. The van der Waals surface area contributed by atoms with Gasteiger partial charge in [-0.25, -0.2) is 0 Å². The number of aliphatic hydroxyl groups is 1. The molecule has 0 aliphatic rings. The van der Waals surface area contributed by atoms with E-state index in [2.05, 4.69) is 0 Å². The topological polar surface area (TPSA) is 44.0 Å². The molecule has 1 atom stereocenters. The van der Waals surface area contributed by atoms with Gasteiger partial charge in [-0.3, -0.25) is 0 Å². The predicted octanol–water partition coefficient (Wildman–Crippen LogP) is 0.447. The maximum atomic E-state index is 8.41. The van der Waals surface area contributed by atoms with Crippen molar-refractivity contribution in [3.63, 3.8) is 0 Å². The summed E-state index contributed by atoms with van der Waals surface area (Å²) in [6, 6.07) is 1.63. The summed E-state index contributed by atoms with van der Waals surface area (Å²) in [5.74, 6) is 0. The van der Waals surface area contributed by atoms with E-state index >= 15 is 0 Å². The van der Waals surface area contributed by atoms with E-state index in [0.29, 0.717) is 0 Å². The van der Waals surface area contributed by atoms with Crippen LogP contribution < -0.4 is 0 Å². The maximum absolute atomic E-state index is 8.41. The molecule has 0 bridgehead atoms. The Labute approximate surface area is 42.7 Å². The highest BCUT2D eigenvalue weighted by molar-refractivity contribution is 4.98. The Kier molecular flexibility index (Phi) is 2.99. The highest BCUT2D eigenvalue weighted by Crippen LogP contribution is 1.79. The van der Waals surface area contributed by atoms with E-state index in [4.69, 9.17) is 10.4 Å². The van der Waals surface area contributed by atoms with Gasteiger partial charge in [-0.2, -0.15) is 5.26 Å². The third-order valence-electron chi connectivity index (χ3n) is 0.507. The molecule has 0 radical (unpaired) electrons. The smallest absolute Gasteiger partial charge is 0.159 e. The first kappa shape index (κ1) is 6.19. The van der Waals surface area contributed by atoms with Gasteiger partial charge in [0.15, 0.2) is 6.10 Å². The number of allylic oxidation sites excluding steroid dienone is 1. The zero-order chi connectivity index (χ0) is 5.70. The number of nitriles is 1. The van der Waals surface area contributed by atoms with Crippen LogP contribution in [-0.2, 0) is 0 Å². The van der Waals surface area contributed by atoms with Gasteiger partial charge in [0, 0.05) is 0 Å². The van der Waals surface area contributed by atoms with Gasteiger partial charge < -0.3 is 5.11 Å². The molecule has 0 heterocycles. The fraction of sp³-hybridized carbons (Fsp3) is 0.400. The first-order chi connectivity index (χ1) is 3.31. The Morgan fingerprint density at radius 1 is 1.86 bits per heavy atom. The summed E-state index contributed by atoms with van der Waals surface area (Å²) in [5.41, 5.74) is 0. The van der Waals surface area contributed by atoms with E-state index in [-0.39, 0.29) is 0 Å². The summed E-state index contributed by atoms with van der Waals surface area (Å²) in [6.07, 6.45) is 2.12. The molecule has 0 aromatic carbocycles. The lowest BCUT2D eigenvalue weighted by atomic mass is 10.4. The van der Waals surface area contributed by atoms with Crippen molar-refractivity contribution in [2.45, 2.75) is 13.0 Å². The van der Waals surface area contributed by atoms with Crippen LogP contribution in [0.2, 0.25) is 0 Å². The monoisotopic (exact) mass is 97.1 g/mol. The molecule has 0 spiro atoms. The van der Waals surface area contributed by atoms with E-state index in [1.54, 1.807) is 19.1 Å². The van der Waals surface area contributed by atoms with Gasteiger partial charge in [-0.05, 0) is 13.0 Å². The van der Waals surface area contributed by atoms with Crippen LogP contribution in [0.5, 0.6) is 0 Å². The minimum atomic E-state index is -0.926. The molecule has 38 valence electrons. The largest absolute Gasteiger partial charge is 0.374 e. The first-order valence-corrected chi connectivity index (χ1v) is 2.01. The fourth-order valence-corrected chi connectivity index (χ4v) is 0.225. The van der Waals surface area contributed by atoms with E-state index in [0.717, 1.165) is 0 Å². The second-order valence-corrected chi connectivity index (χ2v) is 1.10. The summed E-state index contributed by atoms with van der Waals surface area (Å²) in [7, 11) is 0. The molecule has 2 nitrogen and oxygen atoms in total. The zero-order valence-electron chi connectivity index (χ0n) is 4.13.